The minimum absolute atomic E-state index is 0.331. The van der Waals surface area contributed by atoms with Gasteiger partial charge in [0.15, 0.2) is 0 Å². The topological polar surface area (TPSA) is 50.4 Å². The van der Waals surface area contributed by atoms with Crippen LogP contribution < -0.4 is 15.4 Å². The molecule has 0 radical (unpaired) electrons. The first-order chi connectivity index (χ1) is 10.2. The number of amides is 2. The number of benzene rings is 2. The highest BCUT2D eigenvalue weighted by atomic mass is 35.5. The molecule has 2 aromatic carbocycles. The maximum atomic E-state index is 11.7. The molecular weight excluding hydrogens is 288 g/mol. The van der Waals surface area contributed by atoms with Gasteiger partial charge in [0.1, 0.15) is 5.75 Å². The molecule has 2 rings (SSSR count). The van der Waals surface area contributed by atoms with E-state index in [1.807, 2.05) is 24.3 Å². The minimum atomic E-state index is -0.331. The summed E-state index contributed by atoms with van der Waals surface area (Å²) in [5.74, 6) is 0.791. The molecule has 0 aliphatic heterocycles. The average molecular weight is 303 g/mol. The number of nitrogens with one attached hydrogen (secondary N) is 2. The van der Waals surface area contributed by atoms with E-state index in [9.17, 15) is 4.79 Å². The molecular formula is C16H15ClN2O2. The number of methoxy groups -OCH3 is 1. The van der Waals surface area contributed by atoms with Crippen LogP contribution in [0.25, 0.3) is 6.08 Å². The molecule has 5 heteroatoms. The third-order valence-electron chi connectivity index (χ3n) is 2.69. The quantitative estimate of drug-likeness (QED) is 0.891. The van der Waals surface area contributed by atoms with Gasteiger partial charge in [0, 0.05) is 16.9 Å². The van der Waals surface area contributed by atoms with Crippen molar-refractivity contribution in [3.63, 3.8) is 0 Å². The summed E-state index contributed by atoms with van der Waals surface area (Å²) in [5.41, 5.74) is 1.59. The molecule has 0 fully saturated rings. The van der Waals surface area contributed by atoms with Crippen LogP contribution >= 0.6 is 11.6 Å². The van der Waals surface area contributed by atoms with Crippen molar-refractivity contribution in [3.05, 3.63) is 65.3 Å². The number of ether oxygens (including phenoxy) is 1. The molecule has 0 aliphatic rings. The van der Waals surface area contributed by atoms with Gasteiger partial charge in [0.2, 0.25) is 0 Å². The lowest BCUT2D eigenvalue weighted by Gasteiger charge is -2.04. The summed E-state index contributed by atoms with van der Waals surface area (Å²) in [7, 11) is 1.62. The van der Waals surface area contributed by atoms with Crippen LogP contribution in [-0.4, -0.2) is 13.1 Å². The Bertz CT molecular complexity index is 639. The number of carbonyl (C=O) groups excluding carboxylic acids is 1. The van der Waals surface area contributed by atoms with Gasteiger partial charge in [0.25, 0.3) is 0 Å². The number of anilines is 1. The van der Waals surface area contributed by atoms with Crippen molar-refractivity contribution in [3.8, 4) is 5.75 Å². The van der Waals surface area contributed by atoms with Gasteiger partial charge in [-0.2, -0.15) is 0 Å². The predicted octanol–water partition coefficient (Wildman–Crippen LogP) is 4.14. The lowest BCUT2D eigenvalue weighted by atomic mass is 10.2. The lowest BCUT2D eigenvalue weighted by molar-refractivity contribution is 0.255. The Morgan fingerprint density at radius 1 is 1.19 bits per heavy atom. The molecule has 0 saturated heterocycles. The van der Waals surface area contributed by atoms with Gasteiger partial charge in [-0.25, -0.2) is 4.79 Å². The molecule has 0 atom stereocenters. The van der Waals surface area contributed by atoms with Crippen LogP contribution in [0.1, 0.15) is 5.56 Å². The lowest BCUT2D eigenvalue weighted by Crippen LogP contribution is -2.23. The third kappa shape index (κ3) is 4.85. The monoisotopic (exact) mass is 302 g/mol. The zero-order chi connectivity index (χ0) is 15.1. The number of hydrogen-bond donors (Lipinski definition) is 2. The zero-order valence-electron chi connectivity index (χ0n) is 11.5. The summed E-state index contributed by atoms with van der Waals surface area (Å²) in [6.45, 7) is 0. The van der Waals surface area contributed by atoms with Crippen molar-refractivity contribution in [1.82, 2.24) is 5.32 Å². The van der Waals surface area contributed by atoms with Crippen LogP contribution in [0.15, 0.2) is 54.7 Å². The summed E-state index contributed by atoms with van der Waals surface area (Å²) in [5, 5.41) is 5.88. The first kappa shape index (κ1) is 14.9. The maximum absolute atomic E-state index is 11.7. The molecule has 21 heavy (non-hydrogen) atoms. The second-order valence-corrected chi connectivity index (χ2v) is 4.65. The van der Waals surface area contributed by atoms with Crippen molar-refractivity contribution in [1.29, 1.82) is 0 Å². The highest BCUT2D eigenvalue weighted by Crippen LogP contribution is 2.14. The van der Waals surface area contributed by atoms with Crippen molar-refractivity contribution in [2.45, 2.75) is 0 Å². The van der Waals surface area contributed by atoms with Gasteiger partial charge in [-0.1, -0.05) is 29.8 Å². The van der Waals surface area contributed by atoms with Crippen molar-refractivity contribution >= 4 is 29.4 Å². The standard InChI is InChI=1S/C16H15ClN2O2/c1-21-15-7-5-12(6-8-15)9-10-18-16(20)19-14-4-2-3-13(17)11-14/h2-11H,1H3,(H2,18,19,20)/b10-9+. The maximum Gasteiger partial charge on any atom is 0.323 e. The molecule has 4 nitrogen and oxygen atoms in total. The molecule has 0 spiro atoms. The second kappa shape index (κ2) is 7.36. The second-order valence-electron chi connectivity index (χ2n) is 4.22. The Kier molecular flexibility index (Phi) is 5.23. The summed E-state index contributed by atoms with van der Waals surface area (Å²) >= 11 is 5.84. The molecule has 0 aromatic heterocycles. The Labute approximate surface area is 128 Å². The van der Waals surface area contributed by atoms with Gasteiger partial charge in [-0.15, -0.1) is 0 Å². The Morgan fingerprint density at radius 2 is 1.95 bits per heavy atom. The molecule has 2 aromatic rings. The van der Waals surface area contributed by atoms with Crippen LogP contribution in [0.3, 0.4) is 0 Å². The fourth-order valence-electron chi connectivity index (χ4n) is 1.66. The van der Waals surface area contributed by atoms with E-state index in [2.05, 4.69) is 10.6 Å². The molecule has 0 heterocycles. The van der Waals surface area contributed by atoms with Crippen LogP contribution in [0.4, 0.5) is 10.5 Å². The summed E-state index contributed by atoms with van der Waals surface area (Å²) in [6, 6.07) is 14.1. The largest absolute Gasteiger partial charge is 0.497 e. The van der Waals surface area contributed by atoms with E-state index in [-0.39, 0.29) is 6.03 Å². The van der Waals surface area contributed by atoms with Crippen molar-refractivity contribution < 1.29 is 9.53 Å². The van der Waals surface area contributed by atoms with E-state index < -0.39 is 0 Å². The summed E-state index contributed by atoms with van der Waals surface area (Å²) in [4.78, 5) is 11.7. The van der Waals surface area contributed by atoms with Crippen molar-refractivity contribution in [2.75, 3.05) is 12.4 Å². The van der Waals surface area contributed by atoms with Crippen LogP contribution in [-0.2, 0) is 0 Å². The normalized spacial score (nSPS) is 10.4. The van der Waals surface area contributed by atoms with E-state index in [0.29, 0.717) is 10.7 Å². The first-order valence-electron chi connectivity index (χ1n) is 6.31. The number of carbonyl (C=O) groups is 1. The van der Waals surface area contributed by atoms with Gasteiger partial charge in [-0.3, -0.25) is 0 Å². The van der Waals surface area contributed by atoms with E-state index >= 15 is 0 Å². The summed E-state index contributed by atoms with van der Waals surface area (Å²) in [6.07, 6.45) is 3.36. The molecule has 2 amide bonds. The number of halogens is 1. The highest BCUT2D eigenvalue weighted by molar-refractivity contribution is 6.30. The molecule has 108 valence electrons. The third-order valence-corrected chi connectivity index (χ3v) is 2.92. The smallest absolute Gasteiger partial charge is 0.323 e. The van der Waals surface area contributed by atoms with E-state index in [4.69, 9.17) is 16.3 Å². The molecule has 0 bridgehead atoms. The van der Waals surface area contributed by atoms with Gasteiger partial charge >= 0.3 is 6.03 Å². The first-order valence-corrected chi connectivity index (χ1v) is 6.69. The SMILES string of the molecule is COc1ccc(/C=C/NC(=O)Nc2cccc(Cl)c2)cc1. The minimum Gasteiger partial charge on any atom is -0.497 e. The van der Waals surface area contributed by atoms with Gasteiger partial charge in [0.05, 0.1) is 7.11 Å². The Balaban J connectivity index is 1.86. The Morgan fingerprint density at radius 3 is 2.62 bits per heavy atom. The number of hydrogen-bond acceptors (Lipinski definition) is 2. The molecule has 2 N–H and O–H groups in total. The highest BCUT2D eigenvalue weighted by Gasteiger charge is 1.99. The van der Waals surface area contributed by atoms with Gasteiger partial charge in [-0.05, 0) is 42.0 Å². The molecule has 0 unspecified atom stereocenters. The van der Waals surface area contributed by atoms with Crippen LogP contribution in [0.5, 0.6) is 5.75 Å². The Hall–Kier alpha value is -2.46. The predicted molar refractivity (Wildman–Crippen MR) is 85.6 cm³/mol. The van der Waals surface area contributed by atoms with E-state index in [1.165, 1.54) is 0 Å². The van der Waals surface area contributed by atoms with Crippen LogP contribution in [0, 0.1) is 0 Å². The van der Waals surface area contributed by atoms with Crippen LogP contribution in [0.2, 0.25) is 5.02 Å². The van der Waals surface area contributed by atoms with Gasteiger partial charge < -0.3 is 15.4 Å². The summed E-state index contributed by atoms with van der Waals surface area (Å²) < 4.78 is 5.07. The number of urea groups is 1. The zero-order valence-corrected chi connectivity index (χ0v) is 12.2. The fraction of sp³-hybridized carbons (Fsp3) is 0.0625. The van der Waals surface area contributed by atoms with Crippen molar-refractivity contribution in [2.24, 2.45) is 0 Å². The average Bonchev–Trinajstić information content (AvgIpc) is 2.48. The molecule has 0 aliphatic carbocycles. The molecule has 0 saturated carbocycles. The van der Waals surface area contributed by atoms with E-state index in [1.54, 1.807) is 43.7 Å². The van der Waals surface area contributed by atoms with E-state index in [0.717, 1.165) is 11.3 Å². The number of rotatable bonds is 4. The fourth-order valence-corrected chi connectivity index (χ4v) is 1.85.